The number of hydrogen-bond acceptors (Lipinski definition) is 2. The van der Waals surface area contributed by atoms with Crippen LogP contribution in [-0.4, -0.2) is 4.57 Å². The molecule has 0 aliphatic carbocycles. The number of hydrogen-bond donors (Lipinski definition) is 1. The van der Waals surface area contributed by atoms with Crippen LogP contribution in [0.4, 0.5) is 0 Å². The minimum Gasteiger partial charge on any atom is -0.322 e. The van der Waals surface area contributed by atoms with Gasteiger partial charge in [-0.15, -0.1) is 0 Å². The molecule has 0 aliphatic rings. The molecule has 0 fully saturated rings. The fourth-order valence-electron chi connectivity index (χ4n) is 1.60. The van der Waals surface area contributed by atoms with Crippen molar-refractivity contribution < 1.29 is 0 Å². The number of aryl methyl sites for hydroxylation is 1. The standard InChI is InChI=1S/C13H22N2O/c1-10(2)7-9-15-8-5-6-11(12(15)16)13(3,4)14/h5-6,8,10H,7,9,14H2,1-4H3. The highest BCUT2D eigenvalue weighted by Crippen LogP contribution is 2.12. The van der Waals surface area contributed by atoms with Gasteiger partial charge in [0.05, 0.1) is 0 Å². The van der Waals surface area contributed by atoms with Crippen LogP contribution in [0.15, 0.2) is 23.1 Å². The zero-order valence-electron chi connectivity index (χ0n) is 10.7. The lowest BCUT2D eigenvalue weighted by atomic mass is 9.97. The predicted octanol–water partition coefficient (Wildman–Crippen LogP) is 2.09. The van der Waals surface area contributed by atoms with E-state index in [2.05, 4.69) is 13.8 Å². The van der Waals surface area contributed by atoms with Crippen molar-refractivity contribution >= 4 is 0 Å². The number of nitrogens with zero attached hydrogens (tertiary/aromatic N) is 1. The SMILES string of the molecule is CC(C)CCn1cccc(C(C)(C)N)c1=O. The van der Waals surface area contributed by atoms with Gasteiger partial charge in [-0.1, -0.05) is 19.9 Å². The molecule has 0 bridgehead atoms. The topological polar surface area (TPSA) is 48.0 Å². The lowest BCUT2D eigenvalue weighted by Crippen LogP contribution is -2.37. The van der Waals surface area contributed by atoms with Gasteiger partial charge in [0.1, 0.15) is 0 Å². The van der Waals surface area contributed by atoms with Gasteiger partial charge in [0.25, 0.3) is 5.56 Å². The molecule has 1 heterocycles. The molecule has 1 aromatic heterocycles. The Morgan fingerprint density at radius 3 is 2.56 bits per heavy atom. The summed E-state index contributed by atoms with van der Waals surface area (Å²) in [5.74, 6) is 0.599. The lowest BCUT2D eigenvalue weighted by Gasteiger charge is -2.19. The Bertz CT molecular complexity index is 399. The Balaban J connectivity index is 3.01. The number of pyridine rings is 1. The van der Waals surface area contributed by atoms with Crippen molar-refractivity contribution in [1.82, 2.24) is 4.57 Å². The molecule has 1 rings (SSSR count). The van der Waals surface area contributed by atoms with Crippen molar-refractivity contribution in [3.05, 3.63) is 34.2 Å². The average Bonchev–Trinajstić information content (AvgIpc) is 2.14. The van der Waals surface area contributed by atoms with Crippen LogP contribution >= 0.6 is 0 Å². The van der Waals surface area contributed by atoms with Gasteiger partial charge in [-0.2, -0.15) is 0 Å². The molecule has 0 aromatic carbocycles. The highest BCUT2D eigenvalue weighted by atomic mass is 16.1. The van der Waals surface area contributed by atoms with Crippen LogP contribution < -0.4 is 11.3 Å². The Morgan fingerprint density at radius 2 is 2.06 bits per heavy atom. The second kappa shape index (κ2) is 4.83. The third-order valence-electron chi connectivity index (χ3n) is 2.66. The summed E-state index contributed by atoms with van der Waals surface area (Å²) in [6.07, 6.45) is 2.84. The van der Waals surface area contributed by atoms with E-state index in [9.17, 15) is 4.79 Å². The molecule has 0 saturated heterocycles. The second-order valence-electron chi connectivity index (χ2n) is 5.32. The molecule has 16 heavy (non-hydrogen) atoms. The summed E-state index contributed by atoms with van der Waals surface area (Å²) in [4.78, 5) is 12.1. The van der Waals surface area contributed by atoms with Crippen LogP contribution in [0.25, 0.3) is 0 Å². The molecule has 0 radical (unpaired) electrons. The fraction of sp³-hybridized carbons (Fsp3) is 0.615. The monoisotopic (exact) mass is 222 g/mol. The van der Waals surface area contributed by atoms with E-state index in [1.54, 1.807) is 4.57 Å². The zero-order valence-corrected chi connectivity index (χ0v) is 10.7. The lowest BCUT2D eigenvalue weighted by molar-refractivity contribution is 0.491. The van der Waals surface area contributed by atoms with E-state index < -0.39 is 5.54 Å². The van der Waals surface area contributed by atoms with Crippen LogP contribution in [-0.2, 0) is 12.1 Å². The van der Waals surface area contributed by atoms with Gasteiger partial charge >= 0.3 is 0 Å². The molecule has 1 aromatic rings. The fourth-order valence-corrected chi connectivity index (χ4v) is 1.60. The van der Waals surface area contributed by atoms with E-state index in [4.69, 9.17) is 5.73 Å². The van der Waals surface area contributed by atoms with E-state index in [1.165, 1.54) is 0 Å². The molecular formula is C13H22N2O. The maximum Gasteiger partial charge on any atom is 0.255 e. The molecule has 0 aliphatic heterocycles. The van der Waals surface area contributed by atoms with Gasteiger partial charge in [-0.3, -0.25) is 4.79 Å². The summed E-state index contributed by atoms with van der Waals surface area (Å²) < 4.78 is 1.75. The summed E-state index contributed by atoms with van der Waals surface area (Å²) in [6.45, 7) is 8.79. The summed E-state index contributed by atoms with van der Waals surface area (Å²) in [5, 5.41) is 0. The Morgan fingerprint density at radius 1 is 1.44 bits per heavy atom. The van der Waals surface area contributed by atoms with Gasteiger partial charge in [-0.25, -0.2) is 0 Å². The molecule has 0 atom stereocenters. The third kappa shape index (κ3) is 3.20. The van der Waals surface area contributed by atoms with Crippen molar-refractivity contribution in [1.29, 1.82) is 0 Å². The second-order valence-corrected chi connectivity index (χ2v) is 5.32. The Kier molecular flexibility index (Phi) is 3.92. The molecule has 3 nitrogen and oxygen atoms in total. The van der Waals surface area contributed by atoms with Gasteiger partial charge in [-0.05, 0) is 32.3 Å². The molecule has 0 spiro atoms. The highest BCUT2D eigenvalue weighted by Gasteiger charge is 2.18. The number of aromatic nitrogens is 1. The quantitative estimate of drug-likeness (QED) is 0.848. The van der Waals surface area contributed by atoms with E-state index in [0.717, 1.165) is 13.0 Å². The zero-order chi connectivity index (χ0) is 12.3. The first-order chi connectivity index (χ1) is 7.32. The van der Waals surface area contributed by atoms with Crippen molar-refractivity contribution in [2.24, 2.45) is 11.7 Å². The van der Waals surface area contributed by atoms with Gasteiger partial charge < -0.3 is 10.3 Å². The molecule has 2 N–H and O–H groups in total. The molecular weight excluding hydrogens is 200 g/mol. The van der Waals surface area contributed by atoms with Crippen LogP contribution in [0.5, 0.6) is 0 Å². The van der Waals surface area contributed by atoms with Crippen molar-refractivity contribution in [3.63, 3.8) is 0 Å². The van der Waals surface area contributed by atoms with Crippen molar-refractivity contribution in [3.8, 4) is 0 Å². The first kappa shape index (κ1) is 13.0. The predicted molar refractivity (Wildman–Crippen MR) is 67.4 cm³/mol. The highest BCUT2D eigenvalue weighted by molar-refractivity contribution is 5.18. The van der Waals surface area contributed by atoms with E-state index >= 15 is 0 Å². The van der Waals surface area contributed by atoms with E-state index in [-0.39, 0.29) is 5.56 Å². The minimum atomic E-state index is -0.572. The van der Waals surface area contributed by atoms with Gasteiger partial charge in [0.2, 0.25) is 0 Å². The molecule has 0 unspecified atom stereocenters. The summed E-state index contributed by atoms with van der Waals surface area (Å²) >= 11 is 0. The summed E-state index contributed by atoms with van der Waals surface area (Å²) in [7, 11) is 0. The first-order valence-electron chi connectivity index (χ1n) is 5.81. The maximum atomic E-state index is 12.1. The smallest absolute Gasteiger partial charge is 0.255 e. The molecule has 3 heteroatoms. The van der Waals surface area contributed by atoms with Crippen LogP contribution in [0.2, 0.25) is 0 Å². The van der Waals surface area contributed by atoms with Crippen LogP contribution in [0, 0.1) is 5.92 Å². The van der Waals surface area contributed by atoms with E-state index in [1.807, 2.05) is 32.2 Å². The Labute approximate surface area is 97.3 Å². The van der Waals surface area contributed by atoms with Crippen molar-refractivity contribution in [2.45, 2.75) is 46.2 Å². The van der Waals surface area contributed by atoms with Crippen LogP contribution in [0.1, 0.15) is 39.7 Å². The Hall–Kier alpha value is -1.09. The molecule has 90 valence electrons. The van der Waals surface area contributed by atoms with Gasteiger partial charge in [0.15, 0.2) is 0 Å². The summed E-state index contributed by atoms with van der Waals surface area (Å²) in [6, 6.07) is 3.71. The number of rotatable bonds is 4. The maximum absolute atomic E-state index is 12.1. The average molecular weight is 222 g/mol. The largest absolute Gasteiger partial charge is 0.322 e. The minimum absolute atomic E-state index is 0.0376. The normalized spacial score (nSPS) is 12.1. The summed E-state index contributed by atoms with van der Waals surface area (Å²) in [5.41, 5.74) is 6.11. The van der Waals surface area contributed by atoms with Crippen molar-refractivity contribution in [2.75, 3.05) is 0 Å². The first-order valence-corrected chi connectivity index (χ1v) is 5.81. The van der Waals surface area contributed by atoms with Gasteiger partial charge in [0, 0.05) is 23.8 Å². The molecule has 0 saturated carbocycles. The van der Waals surface area contributed by atoms with E-state index in [0.29, 0.717) is 11.5 Å². The number of nitrogens with two attached hydrogens (primary N) is 1. The van der Waals surface area contributed by atoms with Crippen LogP contribution in [0.3, 0.4) is 0 Å². The third-order valence-corrected chi connectivity index (χ3v) is 2.66. The molecule has 0 amide bonds.